The fourth-order valence-electron chi connectivity index (χ4n) is 4.82. The van der Waals surface area contributed by atoms with Gasteiger partial charge in [-0.25, -0.2) is 17.8 Å². The Kier molecular flexibility index (Phi) is 6.39. The Morgan fingerprint density at radius 3 is 2.58 bits per heavy atom. The second-order valence-corrected chi connectivity index (χ2v) is 11.9. The molecule has 11 heteroatoms. The predicted molar refractivity (Wildman–Crippen MR) is 138 cm³/mol. The Hall–Kier alpha value is -3.38. The maximum absolute atomic E-state index is 15.0. The number of ether oxygens (including phenoxy) is 3. The topological polar surface area (TPSA) is 124 Å². The largest absolute Gasteiger partial charge is 0.470 e. The van der Waals surface area contributed by atoms with Gasteiger partial charge in [0.15, 0.2) is 27.6 Å². The van der Waals surface area contributed by atoms with Crippen molar-refractivity contribution in [3.8, 4) is 28.4 Å². The first-order chi connectivity index (χ1) is 18.3. The van der Waals surface area contributed by atoms with Crippen molar-refractivity contribution in [3.05, 3.63) is 66.1 Å². The van der Waals surface area contributed by atoms with E-state index in [-0.39, 0.29) is 42.6 Å². The number of nitrogens with zero attached hydrogens (tertiary/aromatic N) is 2. The van der Waals surface area contributed by atoms with Crippen molar-refractivity contribution in [2.75, 3.05) is 19.0 Å². The van der Waals surface area contributed by atoms with Crippen molar-refractivity contribution >= 4 is 20.9 Å². The number of sulfone groups is 1. The zero-order valence-corrected chi connectivity index (χ0v) is 21.3. The Balaban J connectivity index is 1.19. The molecule has 0 saturated carbocycles. The molecule has 0 bridgehead atoms. The van der Waals surface area contributed by atoms with Crippen molar-refractivity contribution in [1.29, 1.82) is 0 Å². The van der Waals surface area contributed by atoms with Crippen LogP contribution >= 0.6 is 0 Å². The quantitative estimate of drug-likeness (QED) is 0.367. The average Bonchev–Trinajstić information content (AvgIpc) is 3.60. The molecule has 198 valence electrons. The Morgan fingerprint density at radius 2 is 1.84 bits per heavy atom. The molecule has 2 N–H and O–H groups in total. The van der Waals surface area contributed by atoms with Gasteiger partial charge in [-0.3, -0.25) is 4.98 Å². The lowest BCUT2D eigenvalue weighted by Gasteiger charge is -2.16. The molecule has 9 nitrogen and oxygen atoms in total. The van der Waals surface area contributed by atoms with Gasteiger partial charge in [0.05, 0.1) is 35.7 Å². The van der Waals surface area contributed by atoms with Crippen molar-refractivity contribution in [2.45, 2.75) is 37.1 Å². The molecule has 38 heavy (non-hydrogen) atoms. The Bertz CT molecular complexity index is 1570. The van der Waals surface area contributed by atoms with E-state index in [1.165, 1.54) is 6.07 Å². The highest BCUT2D eigenvalue weighted by molar-refractivity contribution is 7.90. The highest BCUT2D eigenvalue weighted by Crippen LogP contribution is 2.32. The summed E-state index contributed by atoms with van der Waals surface area (Å²) in [6.45, 7) is 2.12. The summed E-state index contributed by atoms with van der Waals surface area (Å²) >= 11 is 0. The highest BCUT2D eigenvalue weighted by Gasteiger charge is 2.48. The van der Waals surface area contributed by atoms with Gasteiger partial charge in [-0.05, 0) is 11.6 Å². The summed E-state index contributed by atoms with van der Waals surface area (Å²) in [4.78, 5) is 11.9. The number of H-pyrrole nitrogens is 1. The molecule has 5 heterocycles. The molecule has 2 saturated heterocycles. The van der Waals surface area contributed by atoms with Crippen LogP contribution in [0.3, 0.4) is 0 Å². The van der Waals surface area contributed by atoms with E-state index in [1.807, 2.05) is 12.1 Å². The number of pyridine rings is 2. The van der Waals surface area contributed by atoms with Crippen molar-refractivity contribution in [1.82, 2.24) is 15.0 Å². The van der Waals surface area contributed by atoms with Gasteiger partial charge in [0.2, 0.25) is 0 Å². The molecule has 0 radical (unpaired) electrons. The van der Waals surface area contributed by atoms with E-state index in [2.05, 4.69) is 15.0 Å². The van der Waals surface area contributed by atoms with Gasteiger partial charge in [-0.1, -0.05) is 37.3 Å². The number of rotatable bonds is 7. The van der Waals surface area contributed by atoms with Crippen LogP contribution in [0.1, 0.15) is 12.5 Å². The van der Waals surface area contributed by atoms with Crippen molar-refractivity contribution in [2.24, 2.45) is 0 Å². The summed E-state index contributed by atoms with van der Waals surface area (Å²) in [6, 6.07) is 13.8. The summed E-state index contributed by atoms with van der Waals surface area (Å²) in [5.41, 5.74) is 3.97. The number of aromatic amines is 1. The molecule has 1 aromatic carbocycles. The van der Waals surface area contributed by atoms with E-state index in [4.69, 9.17) is 14.2 Å². The standard InChI is InChI=1S/C27H26FN3O6S/c1-2-38(33,34)14-15-3-8-19(29-11-15)16-4-6-17(7-5-16)25-18(28)9-20-21(31-25)10-24(30-20)37-23-13-36-26-22(32)12-35-27(23)26/h3-11,22-23,26-27,30,32H,2,12-14H2,1H3/t22-,23-,26-,27-/m1/s1. The number of nitrogens with one attached hydrogen (secondary N) is 1. The minimum atomic E-state index is -3.13. The van der Waals surface area contributed by atoms with Crippen LogP contribution in [0, 0.1) is 5.82 Å². The van der Waals surface area contributed by atoms with Crippen LogP contribution in [0.2, 0.25) is 0 Å². The maximum Gasteiger partial charge on any atom is 0.193 e. The summed E-state index contributed by atoms with van der Waals surface area (Å²) in [5, 5.41) is 9.92. The van der Waals surface area contributed by atoms with Gasteiger partial charge in [-0.2, -0.15) is 0 Å². The third-order valence-corrected chi connectivity index (χ3v) is 8.55. The molecule has 3 aromatic heterocycles. The Labute approximate surface area is 218 Å². The number of aliphatic hydroxyl groups is 1. The van der Waals surface area contributed by atoms with E-state index < -0.39 is 27.9 Å². The lowest BCUT2D eigenvalue weighted by molar-refractivity contribution is 0.00794. The van der Waals surface area contributed by atoms with E-state index >= 15 is 4.39 Å². The van der Waals surface area contributed by atoms with Gasteiger partial charge >= 0.3 is 0 Å². The second-order valence-electron chi connectivity index (χ2n) is 9.51. The molecule has 2 fully saturated rings. The third kappa shape index (κ3) is 4.78. The van der Waals surface area contributed by atoms with Crippen LogP contribution in [-0.4, -0.2) is 71.9 Å². The van der Waals surface area contributed by atoms with Gasteiger partial charge in [0.1, 0.15) is 24.0 Å². The maximum atomic E-state index is 15.0. The minimum absolute atomic E-state index is 0.0402. The van der Waals surface area contributed by atoms with Gasteiger partial charge in [0.25, 0.3) is 0 Å². The zero-order chi connectivity index (χ0) is 26.4. The van der Waals surface area contributed by atoms with Gasteiger partial charge < -0.3 is 24.3 Å². The molecular weight excluding hydrogens is 513 g/mol. The fourth-order valence-corrected chi connectivity index (χ4v) is 5.70. The number of aliphatic hydroxyl groups excluding tert-OH is 1. The van der Waals surface area contributed by atoms with Crippen LogP contribution in [0.25, 0.3) is 33.5 Å². The molecule has 6 rings (SSSR count). The van der Waals surface area contributed by atoms with E-state index in [9.17, 15) is 13.5 Å². The fraction of sp³-hybridized carbons (Fsp3) is 0.333. The SMILES string of the molecule is CCS(=O)(=O)Cc1ccc(-c2ccc(-c3nc4cc(O[C@@H]5CO[C@H]6[C@@H]5OC[C@H]6O)[nH]c4cc3F)cc2)nc1. The first-order valence-electron chi connectivity index (χ1n) is 12.3. The monoisotopic (exact) mass is 539 g/mol. The molecule has 0 aliphatic carbocycles. The van der Waals surface area contributed by atoms with E-state index in [0.29, 0.717) is 33.7 Å². The first kappa shape index (κ1) is 24.9. The summed E-state index contributed by atoms with van der Waals surface area (Å²) < 4.78 is 55.9. The summed E-state index contributed by atoms with van der Waals surface area (Å²) in [6.07, 6.45) is -0.248. The molecule has 0 spiro atoms. The molecule has 0 amide bonds. The smallest absolute Gasteiger partial charge is 0.193 e. The summed E-state index contributed by atoms with van der Waals surface area (Å²) in [7, 11) is -3.13. The zero-order valence-electron chi connectivity index (χ0n) is 20.5. The van der Waals surface area contributed by atoms with Crippen LogP contribution < -0.4 is 4.74 Å². The first-order valence-corrected chi connectivity index (χ1v) is 14.1. The van der Waals surface area contributed by atoms with Gasteiger partial charge in [-0.15, -0.1) is 0 Å². The van der Waals surface area contributed by atoms with Crippen molar-refractivity contribution < 1.29 is 32.1 Å². The number of benzene rings is 1. The highest BCUT2D eigenvalue weighted by atomic mass is 32.2. The number of halogens is 1. The second kappa shape index (κ2) is 9.73. The predicted octanol–water partition coefficient (Wildman–Crippen LogP) is 3.27. The number of aromatic nitrogens is 3. The number of hydrogen-bond acceptors (Lipinski definition) is 8. The molecule has 2 aliphatic heterocycles. The van der Waals surface area contributed by atoms with Crippen LogP contribution in [0.5, 0.6) is 5.88 Å². The average molecular weight is 540 g/mol. The van der Waals surface area contributed by atoms with E-state index in [1.54, 1.807) is 43.5 Å². The lowest BCUT2D eigenvalue weighted by atomic mass is 10.1. The number of fused-ring (bicyclic) bond motifs is 2. The van der Waals surface area contributed by atoms with Crippen LogP contribution in [0.15, 0.2) is 54.7 Å². The number of hydrogen-bond donors (Lipinski definition) is 2. The van der Waals surface area contributed by atoms with E-state index in [0.717, 1.165) is 5.56 Å². The molecular formula is C27H26FN3O6S. The molecule has 0 unspecified atom stereocenters. The summed E-state index contributed by atoms with van der Waals surface area (Å²) in [5.74, 6) is -0.0220. The minimum Gasteiger partial charge on any atom is -0.470 e. The molecule has 4 atom stereocenters. The third-order valence-electron chi connectivity index (χ3n) is 6.90. The van der Waals surface area contributed by atoms with Crippen molar-refractivity contribution in [3.63, 3.8) is 0 Å². The van der Waals surface area contributed by atoms with Gasteiger partial charge in [0, 0.05) is 35.2 Å². The molecule has 4 aromatic rings. The van der Waals surface area contributed by atoms with Crippen LogP contribution in [-0.2, 0) is 25.1 Å². The molecule has 2 aliphatic rings. The lowest BCUT2D eigenvalue weighted by Crippen LogP contribution is -2.34. The van der Waals surface area contributed by atoms with Crippen LogP contribution in [0.4, 0.5) is 4.39 Å². The normalized spacial score (nSPS) is 23.1. The Morgan fingerprint density at radius 1 is 1.08 bits per heavy atom.